The summed E-state index contributed by atoms with van der Waals surface area (Å²) in [6, 6.07) is 13.8. The molecule has 0 aliphatic carbocycles. The molecular weight excluding hydrogens is 672 g/mol. The molecule has 0 radical (unpaired) electrons. The summed E-state index contributed by atoms with van der Waals surface area (Å²) in [6.07, 6.45) is -1.79. The molecule has 15 heteroatoms. The molecule has 51 heavy (non-hydrogen) atoms. The molecule has 4 unspecified atom stereocenters. The van der Waals surface area contributed by atoms with E-state index in [4.69, 9.17) is 4.74 Å². The molecule has 0 bridgehead atoms. The summed E-state index contributed by atoms with van der Waals surface area (Å²) in [4.78, 5) is 53.0. The van der Waals surface area contributed by atoms with Gasteiger partial charge in [-0.05, 0) is 96.5 Å². The molecule has 0 fully saturated rings. The Morgan fingerprint density at radius 1 is 0.392 bits per heavy atom. The maximum absolute atomic E-state index is 13.9. The molecule has 0 amide bonds. The second kappa shape index (κ2) is 15.7. The highest BCUT2D eigenvalue weighted by atomic mass is 16.6. The number of phenols is 8. The quantitative estimate of drug-likeness (QED) is 0.0511. The third-order valence-corrected chi connectivity index (χ3v) is 8.39. The number of esters is 2. The Hall–Kier alpha value is -6.64. The highest BCUT2D eigenvalue weighted by Gasteiger charge is 2.41. The van der Waals surface area contributed by atoms with E-state index in [2.05, 4.69) is 0 Å². The van der Waals surface area contributed by atoms with Crippen LogP contribution in [0, 0.1) is 23.7 Å². The molecule has 0 heterocycles. The van der Waals surface area contributed by atoms with Gasteiger partial charge in [0.25, 0.3) is 0 Å². The molecule has 0 saturated heterocycles. The first-order chi connectivity index (χ1) is 24.0. The Balaban J connectivity index is 1.73. The van der Waals surface area contributed by atoms with Crippen molar-refractivity contribution >= 4 is 23.9 Å². The molecule has 4 aromatic carbocycles. The van der Waals surface area contributed by atoms with Crippen LogP contribution >= 0.6 is 0 Å². The van der Waals surface area contributed by atoms with E-state index in [0.29, 0.717) is 0 Å². The van der Waals surface area contributed by atoms with Crippen LogP contribution < -0.4 is 0 Å². The Bertz CT molecular complexity index is 1810. The average Bonchev–Trinajstić information content (AvgIpc) is 3.06. The van der Waals surface area contributed by atoms with Crippen molar-refractivity contribution in [2.75, 3.05) is 0 Å². The third-order valence-electron chi connectivity index (χ3n) is 8.39. The van der Waals surface area contributed by atoms with Gasteiger partial charge in [0.1, 0.15) is 0 Å². The summed E-state index contributed by atoms with van der Waals surface area (Å²) in [5, 5.41) is 99.5. The maximum atomic E-state index is 13.9. The van der Waals surface area contributed by atoms with Gasteiger partial charge < -0.3 is 55.8 Å². The Morgan fingerprint density at radius 2 is 0.627 bits per heavy atom. The number of carbonyl (C=O) groups excluding carboxylic acids is 2. The van der Waals surface area contributed by atoms with Gasteiger partial charge in [-0.1, -0.05) is 24.3 Å². The predicted octanol–water partition coefficient (Wildman–Crippen LogP) is 3.31. The summed E-state index contributed by atoms with van der Waals surface area (Å²) in [6.45, 7) is 0. The SMILES string of the molecule is O=C(O)C(Cc1ccc(O)c(O)c1)C(Cc1ccc(O)c(O)c1)C(=O)OC(=O)C(Cc1ccc(O)c(O)c1)C(Cc1ccc(O)c(O)c1)C(=O)O. The van der Waals surface area contributed by atoms with Gasteiger partial charge in [0, 0.05) is 0 Å². The summed E-state index contributed by atoms with van der Waals surface area (Å²) in [7, 11) is 0. The number of carboxylic acid groups (broad SMARTS) is 2. The highest BCUT2D eigenvalue weighted by molar-refractivity contribution is 5.92. The number of rotatable bonds is 14. The van der Waals surface area contributed by atoms with Crippen molar-refractivity contribution in [3.63, 3.8) is 0 Å². The van der Waals surface area contributed by atoms with Crippen LogP contribution in [0.1, 0.15) is 22.3 Å². The van der Waals surface area contributed by atoms with E-state index >= 15 is 0 Å². The van der Waals surface area contributed by atoms with Gasteiger partial charge in [0.2, 0.25) is 0 Å². The smallest absolute Gasteiger partial charge is 0.317 e. The maximum Gasteiger partial charge on any atom is 0.317 e. The Morgan fingerprint density at radius 3 is 0.843 bits per heavy atom. The zero-order valence-corrected chi connectivity index (χ0v) is 26.6. The van der Waals surface area contributed by atoms with Crippen LogP contribution in [0.2, 0.25) is 0 Å². The van der Waals surface area contributed by atoms with Crippen molar-refractivity contribution in [2.45, 2.75) is 25.7 Å². The molecule has 0 aliphatic heterocycles. The van der Waals surface area contributed by atoms with E-state index < -0.39 is 119 Å². The second-order valence-corrected chi connectivity index (χ2v) is 12.0. The fraction of sp³-hybridized carbons (Fsp3) is 0.222. The van der Waals surface area contributed by atoms with Crippen molar-refractivity contribution in [3.8, 4) is 46.0 Å². The van der Waals surface area contributed by atoms with Crippen molar-refractivity contribution < 1.29 is 75.0 Å². The molecule has 0 aromatic heterocycles. The minimum Gasteiger partial charge on any atom is -0.504 e. The average molecular weight is 707 g/mol. The molecule has 15 nitrogen and oxygen atoms in total. The van der Waals surface area contributed by atoms with Crippen molar-refractivity contribution in [3.05, 3.63) is 95.1 Å². The van der Waals surface area contributed by atoms with Crippen LogP contribution in [0.4, 0.5) is 0 Å². The van der Waals surface area contributed by atoms with Gasteiger partial charge in [0.05, 0.1) is 23.7 Å². The Kier molecular flexibility index (Phi) is 11.5. The first-order valence-electron chi connectivity index (χ1n) is 15.3. The number of hydrogen-bond donors (Lipinski definition) is 10. The largest absolute Gasteiger partial charge is 0.504 e. The van der Waals surface area contributed by atoms with Crippen LogP contribution in [0.5, 0.6) is 46.0 Å². The van der Waals surface area contributed by atoms with Gasteiger partial charge in [-0.15, -0.1) is 0 Å². The molecule has 10 N–H and O–H groups in total. The zero-order valence-electron chi connectivity index (χ0n) is 26.6. The third kappa shape index (κ3) is 9.29. The first kappa shape index (κ1) is 37.2. The Labute approximate surface area is 289 Å². The van der Waals surface area contributed by atoms with E-state index in [1.165, 1.54) is 24.3 Å². The summed E-state index contributed by atoms with van der Waals surface area (Å²) < 4.78 is 5.24. The van der Waals surface area contributed by atoms with Crippen LogP contribution in [-0.4, -0.2) is 74.9 Å². The minimum absolute atomic E-state index is 0.145. The number of carboxylic acids is 2. The van der Waals surface area contributed by atoms with Gasteiger partial charge in [-0.25, -0.2) is 0 Å². The molecule has 268 valence electrons. The second-order valence-electron chi connectivity index (χ2n) is 12.0. The lowest BCUT2D eigenvalue weighted by molar-refractivity contribution is -0.172. The number of hydrogen-bond acceptors (Lipinski definition) is 13. The number of benzene rings is 4. The van der Waals surface area contributed by atoms with Gasteiger partial charge in [-0.2, -0.15) is 0 Å². The summed E-state index contributed by atoms with van der Waals surface area (Å²) >= 11 is 0. The van der Waals surface area contributed by atoms with Gasteiger partial charge in [-0.3, -0.25) is 19.2 Å². The fourth-order valence-electron chi connectivity index (χ4n) is 5.63. The first-order valence-corrected chi connectivity index (χ1v) is 15.3. The lowest BCUT2D eigenvalue weighted by atomic mass is 9.81. The summed E-state index contributed by atoms with van der Waals surface area (Å²) in [5.74, 6) is -16.9. The van der Waals surface area contributed by atoms with Gasteiger partial charge >= 0.3 is 23.9 Å². The molecule has 4 atom stereocenters. The number of ether oxygens (including phenoxy) is 1. The molecular formula is C36H34O15. The van der Waals surface area contributed by atoms with Crippen molar-refractivity contribution in [1.82, 2.24) is 0 Å². The highest BCUT2D eigenvalue weighted by Crippen LogP contribution is 2.34. The van der Waals surface area contributed by atoms with E-state index in [0.717, 1.165) is 48.5 Å². The number of carbonyl (C=O) groups is 4. The van der Waals surface area contributed by atoms with Crippen molar-refractivity contribution in [1.29, 1.82) is 0 Å². The van der Waals surface area contributed by atoms with Crippen LogP contribution in [0.3, 0.4) is 0 Å². The molecule has 4 rings (SSSR count). The lowest BCUT2D eigenvalue weighted by Gasteiger charge is -2.26. The van der Waals surface area contributed by atoms with Crippen LogP contribution in [-0.2, 0) is 49.6 Å². The normalized spacial score (nSPS) is 13.4. The van der Waals surface area contributed by atoms with E-state index in [-0.39, 0.29) is 22.3 Å². The van der Waals surface area contributed by atoms with Crippen LogP contribution in [0.25, 0.3) is 0 Å². The fourth-order valence-corrected chi connectivity index (χ4v) is 5.63. The van der Waals surface area contributed by atoms with Gasteiger partial charge in [0.15, 0.2) is 46.0 Å². The molecule has 0 spiro atoms. The number of aliphatic carboxylic acids is 2. The number of aromatic hydroxyl groups is 8. The standard InChI is InChI=1S/C36H34O15/c37-25-5-1-17(13-29(25)41)9-21(33(45)46)23(11-19-3-7-27(39)31(43)15-19)35(49)51-36(50)24(12-20-4-8-28(40)32(44)16-20)22(34(47)48)10-18-2-6-26(38)30(42)14-18/h1-8,13-16,21-24,37-44H,9-12H2,(H,45,46)(H,47,48). The van der Waals surface area contributed by atoms with E-state index in [9.17, 15) is 70.2 Å². The predicted molar refractivity (Wildman–Crippen MR) is 174 cm³/mol. The monoisotopic (exact) mass is 706 g/mol. The van der Waals surface area contributed by atoms with E-state index in [1.54, 1.807) is 0 Å². The van der Waals surface area contributed by atoms with E-state index in [1.807, 2.05) is 0 Å². The molecule has 4 aromatic rings. The minimum atomic E-state index is -1.69. The zero-order chi connectivity index (χ0) is 37.6. The van der Waals surface area contributed by atoms with Crippen molar-refractivity contribution in [2.24, 2.45) is 23.7 Å². The van der Waals surface area contributed by atoms with Crippen LogP contribution in [0.15, 0.2) is 72.8 Å². The molecule has 0 aliphatic rings. The molecule has 0 saturated carbocycles. The summed E-state index contributed by atoms with van der Waals surface area (Å²) in [5.41, 5.74) is 0.629. The number of phenolic OH excluding ortho intramolecular Hbond substituents is 8. The topological polar surface area (TPSA) is 280 Å². The lowest BCUT2D eigenvalue weighted by Crippen LogP contribution is -2.39.